The van der Waals surface area contributed by atoms with Gasteiger partial charge in [-0.3, -0.25) is 4.79 Å². The van der Waals surface area contributed by atoms with Gasteiger partial charge in [0.15, 0.2) is 6.29 Å². The molecule has 1 aromatic carbocycles. The standard InChI is InChI=1S/C12H11ClO/c13-9-5-1-2-6-11-7-3-4-8-12(11)10-14/h3-4,7-8,10H,1,5,9H2. The summed E-state index contributed by atoms with van der Waals surface area (Å²) in [5.41, 5.74) is 1.43. The molecule has 1 aromatic rings. The van der Waals surface area contributed by atoms with Crippen LogP contribution in [0.15, 0.2) is 24.3 Å². The molecule has 2 heteroatoms. The van der Waals surface area contributed by atoms with E-state index in [1.165, 1.54) is 0 Å². The quantitative estimate of drug-likeness (QED) is 0.322. The molecule has 0 atom stereocenters. The topological polar surface area (TPSA) is 17.1 Å². The molecule has 0 N–H and O–H groups in total. The molecule has 14 heavy (non-hydrogen) atoms. The van der Waals surface area contributed by atoms with E-state index in [9.17, 15) is 4.79 Å². The predicted molar refractivity (Wildman–Crippen MR) is 58.7 cm³/mol. The average molecular weight is 207 g/mol. The van der Waals surface area contributed by atoms with Crippen molar-refractivity contribution in [3.05, 3.63) is 35.4 Å². The molecular weight excluding hydrogens is 196 g/mol. The van der Waals surface area contributed by atoms with E-state index in [1.54, 1.807) is 6.07 Å². The molecule has 0 radical (unpaired) electrons. The third-order valence-electron chi connectivity index (χ3n) is 1.75. The lowest BCUT2D eigenvalue weighted by Gasteiger charge is -1.93. The maximum atomic E-state index is 10.6. The first kappa shape index (κ1) is 10.8. The number of hydrogen-bond donors (Lipinski definition) is 0. The van der Waals surface area contributed by atoms with E-state index in [0.29, 0.717) is 11.4 Å². The van der Waals surface area contributed by atoms with Gasteiger partial charge >= 0.3 is 0 Å². The molecule has 0 fully saturated rings. The summed E-state index contributed by atoms with van der Waals surface area (Å²) in [4.78, 5) is 10.6. The molecule has 0 heterocycles. The molecule has 0 saturated heterocycles. The Hall–Kier alpha value is -1.26. The Morgan fingerprint density at radius 3 is 2.86 bits per heavy atom. The van der Waals surface area contributed by atoms with Crippen molar-refractivity contribution in [2.24, 2.45) is 0 Å². The lowest BCUT2D eigenvalue weighted by atomic mass is 10.1. The summed E-state index contributed by atoms with van der Waals surface area (Å²) < 4.78 is 0. The van der Waals surface area contributed by atoms with Gasteiger partial charge in [-0.2, -0.15) is 0 Å². The second kappa shape index (κ2) is 6.23. The van der Waals surface area contributed by atoms with Gasteiger partial charge in [0.1, 0.15) is 0 Å². The molecule has 0 aromatic heterocycles. The number of carbonyl (C=O) groups is 1. The molecular formula is C12H11ClO. The van der Waals surface area contributed by atoms with Crippen molar-refractivity contribution in [1.82, 2.24) is 0 Å². The first-order chi connectivity index (χ1) is 6.88. The molecule has 0 amide bonds. The van der Waals surface area contributed by atoms with Crippen LogP contribution >= 0.6 is 11.6 Å². The lowest BCUT2D eigenvalue weighted by Crippen LogP contribution is -1.85. The summed E-state index contributed by atoms with van der Waals surface area (Å²) in [6.07, 6.45) is 2.49. The van der Waals surface area contributed by atoms with Gasteiger partial charge in [-0.25, -0.2) is 0 Å². The summed E-state index contributed by atoms with van der Waals surface area (Å²) in [6.45, 7) is 0. The van der Waals surface area contributed by atoms with Crippen molar-refractivity contribution in [3.8, 4) is 11.8 Å². The first-order valence-corrected chi connectivity index (χ1v) is 5.01. The molecule has 0 saturated carbocycles. The van der Waals surface area contributed by atoms with E-state index < -0.39 is 0 Å². The monoisotopic (exact) mass is 206 g/mol. The van der Waals surface area contributed by atoms with Crippen LogP contribution < -0.4 is 0 Å². The SMILES string of the molecule is O=Cc1ccccc1C#CCCCCl. The van der Waals surface area contributed by atoms with Crippen molar-refractivity contribution < 1.29 is 4.79 Å². The molecule has 0 bridgehead atoms. The maximum Gasteiger partial charge on any atom is 0.151 e. The Labute approximate surface area is 89.1 Å². The van der Waals surface area contributed by atoms with Crippen molar-refractivity contribution in [3.63, 3.8) is 0 Å². The Bertz CT molecular complexity index is 360. The normalized spacial score (nSPS) is 8.93. The summed E-state index contributed by atoms with van der Waals surface area (Å²) in [5, 5.41) is 0. The first-order valence-electron chi connectivity index (χ1n) is 4.47. The second-order valence-electron chi connectivity index (χ2n) is 2.80. The second-order valence-corrected chi connectivity index (χ2v) is 3.18. The van der Waals surface area contributed by atoms with Gasteiger partial charge < -0.3 is 0 Å². The van der Waals surface area contributed by atoms with Gasteiger partial charge in [-0.05, 0) is 12.5 Å². The minimum absolute atomic E-state index is 0.629. The molecule has 0 aliphatic rings. The number of aldehydes is 1. The number of carbonyl (C=O) groups excluding carboxylic acids is 1. The van der Waals surface area contributed by atoms with Crippen LogP contribution in [0.1, 0.15) is 28.8 Å². The number of unbranched alkanes of at least 4 members (excludes halogenated alkanes) is 1. The fraction of sp³-hybridized carbons (Fsp3) is 0.250. The smallest absolute Gasteiger partial charge is 0.151 e. The predicted octanol–water partition coefficient (Wildman–Crippen LogP) is 2.87. The van der Waals surface area contributed by atoms with E-state index in [-0.39, 0.29) is 0 Å². The summed E-state index contributed by atoms with van der Waals surface area (Å²) >= 11 is 5.52. The number of alkyl halides is 1. The highest BCUT2D eigenvalue weighted by molar-refractivity contribution is 6.17. The van der Waals surface area contributed by atoms with E-state index >= 15 is 0 Å². The fourth-order valence-corrected chi connectivity index (χ4v) is 1.16. The van der Waals surface area contributed by atoms with Crippen LogP contribution in [-0.4, -0.2) is 12.2 Å². The van der Waals surface area contributed by atoms with Crippen LogP contribution in [0.25, 0.3) is 0 Å². The third kappa shape index (κ3) is 3.24. The number of halogens is 1. The van der Waals surface area contributed by atoms with Crippen molar-refractivity contribution in [2.75, 3.05) is 5.88 Å². The number of benzene rings is 1. The Morgan fingerprint density at radius 2 is 2.14 bits per heavy atom. The zero-order valence-electron chi connectivity index (χ0n) is 7.79. The van der Waals surface area contributed by atoms with Crippen LogP contribution in [-0.2, 0) is 0 Å². The number of hydrogen-bond acceptors (Lipinski definition) is 1. The van der Waals surface area contributed by atoms with E-state index in [4.69, 9.17) is 11.6 Å². The largest absolute Gasteiger partial charge is 0.298 e. The van der Waals surface area contributed by atoms with Gasteiger partial charge in [0.05, 0.1) is 0 Å². The summed E-state index contributed by atoms with van der Waals surface area (Å²) in [6, 6.07) is 7.31. The van der Waals surface area contributed by atoms with Crippen LogP contribution in [0, 0.1) is 11.8 Å². The molecule has 0 spiro atoms. The van der Waals surface area contributed by atoms with Gasteiger partial charge in [0, 0.05) is 23.4 Å². The van der Waals surface area contributed by atoms with Gasteiger partial charge in [-0.1, -0.05) is 30.0 Å². The fourth-order valence-electron chi connectivity index (χ4n) is 1.03. The Kier molecular flexibility index (Phi) is 4.82. The highest BCUT2D eigenvalue weighted by Gasteiger charge is 1.94. The van der Waals surface area contributed by atoms with Crippen molar-refractivity contribution >= 4 is 17.9 Å². The average Bonchev–Trinajstić information content (AvgIpc) is 2.25. The zero-order valence-corrected chi connectivity index (χ0v) is 8.55. The van der Waals surface area contributed by atoms with Gasteiger partial charge in [0.25, 0.3) is 0 Å². The van der Waals surface area contributed by atoms with Crippen molar-refractivity contribution in [2.45, 2.75) is 12.8 Å². The molecule has 0 unspecified atom stereocenters. The molecule has 1 rings (SSSR count). The van der Waals surface area contributed by atoms with Crippen LogP contribution in [0.3, 0.4) is 0 Å². The molecule has 0 aliphatic heterocycles. The van der Waals surface area contributed by atoms with Crippen LogP contribution in [0.4, 0.5) is 0 Å². The van der Waals surface area contributed by atoms with Gasteiger partial charge in [0.2, 0.25) is 0 Å². The van der Waals surface area contributed by atoms with Crippen LogP contribution in [0.2, 0.25) is 0 Å². The summed E-state index contributed by atoms with van der Waals surface area (Å²) in [7, 11) is 0. The third-order valence-corrected chi connectivity index (χ3v) is 2.01. The molecule has 72 valence electrons. The highest BCUT2D eigenvalue weighted by Crippen LogP contribution is 2.04. The Morgan fingerprint density at radius 1 is 1.36 bits per heavy atom. The lowest BCUT2D eigenvalue weighted by molar-refractivity contribution is 0.112. The number of rotatable bonds is 3. The van der Waals surface area contributed by atoms with E-state index in [0.717, 1.165) is 24.7 Å². The molecule has 1 nitrogen and oxygen atoms in total. The Balaban J connectivity index is 2.73. The van der Waals surface area contributed by atoms with Crippen LogP contribution in [0.5, 0.6) is 0 Å². The minimum Gasteiger partial charge on any atom is -0.298 e. The maximum absolute atomic E-state index is 10.6. The van der Waals surface area contributed by atoms with Crippen molar-refractivity contribution in [1.29, 1.82) is 0 Å². The zero-order chi connectivity index (χ0) is 10.2. The highest BCUT2D eigenvalue weighted by atomic mass is 35.5. The van der Waals surface area contributed by atoms with E-state index in [1.807, 2.05) is 18.2 Å². The van der Waals surface area contributed by atoms with Gasteiger partial charge in [-0.15, -0.1) is 11.6 Å². The minimum atomic E-state index is 0.629. The summed E-state index contributed by atoms with van der Waals surface area (Å²) in [5.74, 6) is 6.57. The molecule has 0 aliphatic carbocycles. The van der Waals surface area contributed by atoms with E-state index in [2.05, 4.69) is 11.8 Å².